The molecule has 22 heavy (non-hydrogen) atoms. The molecule has 0 saturated carbocycles. The predicted molar refractivity (Wildman–Crippen MR) is 79.0 cm³/mol. The minimum atomic E-state index is -4.38. The number of halogens is 2. The fourth-order valence-electron chi connectivity index (χ4n) is 1.96. The third-order valence-electron chi connectivity index (χ3n) is 2.72. The molecule has 1 aromatic carbocycles. The molecule has 118 valence electrons. The summed E-state index contributed by atoms with van der Waals surface area (Å²) < 4.78 is 28.2. The van der Waals surface area contributed by atoms with E-state index < -0.39 is 36.2 Å². The molecule has 0 fully saturated rings. The van der Waals surface area contributed by atoms with E-state index in [9.17, 15) is 23.3 Å². The number of hydrogen-bond donors (Lipinski definition) is 1. The molecule has 1 N–H and O–H groups in total. The molecule has 0 unspecified atom stereocenters. The number of nitro groups is 1. The van der Waals surface area contributed by atoms with Crippen LogP contribution in [-0.4, -0.2) is 30.9 Å². The maximum absolute atomic E-state index is 11.9. The standard InChI is InChI=1S/C11H8Cl2N2O6S/c1-2-21-11(16)9-10(22(13,19)20)6-3-5(12)4-7(15(17)18)8(6)14-9/h3-4,14H,2H2,1H3. The van der Waals surface area contributed by atoms with Crippen molar-refractivity contribution in [3.63, 3.8) is 0 Å². The maximum Gasteiger partial charge on any atom is 0.356 e. The zero-order valence-electron chi connectivity index (χ0n) is 10.9. The third kappa shape index (κ3) is 2.87. The number of esters is 1. The first-order chi connectivity index (χ1) is 10.2. The Hall–Kier alpha value is -1.84. The third-order valence-corrected chi connectivity index (χ3v) is 4.32. The van der Waals surface area contributed by atoms with E-state index in [0.717, 1.165) is 6.07 Å². The lowest BCUT2D eigenvalue weighted by atomic mass is 10.2. The van der Waals surface area contributed by atoms with Crippen LogP contribution in [0.2, 0.25) is 5.02 Å². The van der Waals surface area contributed by atoms with Gasteiger partial charge in [-0.3, -0.25) is 10.1 Å². The second-order valence-electron chi connectivity index (χ2n) is 4.09. The number of rotatable bonds is 4. The van der Waals surface area contributed by atoms with Crippen molar-refractivity contribution in [2.75, 3.05) is 6.61 Å². The first-order valence-corrected chi connectivity index (χ1v) is 8.47. The van der Waals surface area contributed by atoms with Gasteiger partial charge in [-0.1, -0.05) is 11.6 Å². The van der Waals surface area contributed by atoms with E-state index in [-0.39, 0.29) is 22.5 Å². The Bertz CT molecular complexity index is 890. The van der Waals surface area contributed by atoms with E-state index in [4.69, 9.17) is 27.0 Å². The number of H-pyrrole nitrogens is 1. The molecule has 0 aliphatic carbocycles. The number of benzene rings is 1. The lowest BCUT2D eigenvalue weighted by Gasteiger charge is -2.01. The van der Waals surface area contributed by atoms with Crippen LogP contribution < -0.4 is 0 Å². The van der Waals surface area contributed by atoms with E-state index in [1.54, 1.807) is 0 Å². The monoisotopic (exact) mass is 366 g/mol. The first kappa shape index (κ1) is 16.5. The lowest BCUT2D eigenvalue weighted by Crippen LogP contribution is -2.09. The van der Waals surface area contributed by atoms with Crippen LogP contribution in [0.4, 0.5) is 5.69 Å². The molecule has 2 aromatic rings. The van der Waals surface area contributed by atoms with Gasteiger partial charge in [0.15, 0.2) is 0 Å². The fourth-order valence-corrected chi connectivity index (χ4v) is 3.46. The number of nitrogens with one attached hydrogen (secondary N) is 1. The molecule has 1 aromatic heterocycles. The first-order valence-electron chi connectivity index (χ1n) is 5.78. The van der Waals surface area contributed by atoms with Gasteiger partial charge in [-0.2, -0.15) is 0 Å². The average molecular weight is 367 g/mol. The van der Waals surface area contributed by atoms with Crippen molar-refractivity contribution < 1.29 is 22.9 Å². The summed E-state index contributed by atoms with van der Waals surface area (Å²) in [5.41, 5.74) is -1.16. The number of ether oxygens (including phenoxy) is 1. The van der Waals surface area contributed by atoms with Gasteiger partial charge < -0.3 is 9.72 Å². The van der Waals surface area contributed by atoms with Crippen molar-refractivity contribution in [3.8, 4) is 0 Å². The van der Waals surface area contributed by atoms with Crippen molar-refractivity contribution in [3.05, 3.63) is 33.0 Å². The summed E-state index contributed by atoms with van der Waals surface area (Å²) in [4.78, 5) is 24.0. The van der Waals surface area contributed by atoms with Gasteiger partial charge in [0.25, 0.3) is 14.7 Å². The lowest BCUT2D eigenvalue weighted by molar-refractivity contribution is -0.383. The van der Waals surface area contributed by atoms with E-state index >= 15 is 0 Å². The SMILES string of the molecule is CCOC(=O)c1[nH]c2c([N+](=O)[O-])cc(Cl)cc2c1S(=O)(=O)Cl. The molecule has 1 heterocycles. The molecule has 0 atom stereocenters. The zero-order valence-corrected chi connectivity index (χ0v) is 13.3. The molecular formula is C11H8Cl2N2O6S. The largest absolute Gasteiger partial charge is 0.461 e. The van der Waals surface area contributed by atoms with Crippen LogP contribution in [0.1, 0.15) is 17.4 Å². The van der Waals surface area contributed by atoms with Crippen molar-refractivity contribution in [1.29, 1.82) is 0 Å². The van der Waals surface area contributed by atoms with Crippen molar-refractivity contribution >= 4 is 53.9 Å². The number of aromatic amines is 1. The number of aromatic nitrogens is 1. The van der Waals surface area contributed by atoms with Crippen molar-refractivity contribution in [2.45, 2.75) is 11.8 Å². The van der Waals surface area contributed by atoms with E-state index in [1.165, 1.54) is 13.0 Å². The highest BCUT2D eigenvalue weighted by atomic mass is 35.7. The number of hydrogen-bond acceptors (Lipinski definition) is 6. The van der Waals surface area contributed by atoms with Crippen molar-refractivity contribution in [1.82, 2.24) is 4.98 Å². The van der Waals surface area contributed by atoms with Gasteiger partial charge in [-0.15, -0.1) is 0 Å². The number of nitro benzene ring substituents is 1. The van der Waals surface area contributed by atoms with Gasteiger partial charge in [0.05, 0.1) is 11.5 Å². The summed E-state index contributed by atoms with van der Waals surface area (Å²) in [6, 6.07) is 2.19. The minimum Gasteiger partial charge on any atom is -0.461 e. The number of carbonyl (C=O) groups is 1. The van der Waals surface area contributed by atoms with E-state index in [0.29, 0.717) is 0 Å². The highest BCUT2D eigenvalue weighted by Gasteiger charge is 2.31. The minimum absolute atomic E-state index is 0.0151. The number of fused-ring (bicyclic) bond motifs is 1. The topological polar surface area (TPSA) is 119 Å². The second kappa shape index (κ2) is 5.75. The Kier molecular flexibility index (Phi) is 4.32. The van der Waals surface area contributed by atoms with Crippen LogP contribution in [0, 0.1) is 10.1 Å². The van der Waals surface area contributed by atoms with Gasteiger partial charge in [-0.25, -0.2) is 13.2 Å². The maximum atomic E-state index is 11.9. The van der Waals surface area contributed by atoms with Gasteiger partial charge >= 0.3 is 5.97 Å². The highest BCUT2D eigenvalue weighted by Crippen LogP contribution is 2.37. The number of non-ortho nitro benzene ring substituents is 1. The molecule has 0 amide bonds. The number of nitrogens with zero attached hydrogens (tertiary/aromatic N) is 1. The van der Waals surface area contributed by atoms with Gasteiger partial charge in [0, 0.05) is 27.2 Å². The summed E-state index contributed by atoms with van der Waals surface area (Å²) in [6.07, 6.45) is 0. The molecule has 2 rings (SSSR count). The summed E-state index contributed by atoms with van der Waals surface area (Å²) in [5, 5.41) is 10.8. The molecule has 8 nitrogen and oxygen atoms in total. The molecule has 0 aliphatic rings. The molecule has 0 bridgehead atoms. The summed E-state index contributed by atoms with van der Waals surface area (Å²) in [5.74, 6) is -0.997. The fraction of sp³-hybridized carbons (Fsp3) is 0.182. The molecule has 0 aliphatic heterocycles. The molecule has 0 spiro atoms. The highest BCUT2D eigenvalue weighted by molar-refractivity contribution is 8.14. The Labute approximate surface area is 133 Å². The van der Waals surface area contributed by atoms with Crippen molar-refractivity contribution in [2.24, 2.45) is 0 Å². The summed E-state index contributed by atoms with van der Waals surface area (Å²) in [7, 11) is 0.964. The van der Waals surface area contributed by atoms with Crippen LogP contribution in [-0.2, 0) is 13.8 Å². The number of carbonyl (C=O) groups excluding carboxylic acids is 1. The van der Waals surface area contributed by atoms with Crippen LogP contribution in [0.3, 0.4) is 0 Å². The average Bonchev–Trinajstić information content (AvgIpc) is 2.76. The van der Waals surface area contributed by atoms with Gasteiger partial charge in [0.1, 0.15) is 16.1 Å². The van der Waals surface area contributed by atoms with Gasteiger partial charge in [-0.05, 0) is 13.0 Å². The predicted octanol–water partition coefficient (Wildman–Crippen LogP) is 2.83. The Morgan fingerprint density at radius 3 is 2.59 bits per heavy atom. The second-order valence-corrected chi connectivity index (χ2v) is 7.03. The molecule has 0 radical (unpaired) electrons. The Morgan fingerprint density at radius 2 is 2.09 bits per heavy atom. The Morgan fingerprint density at radius 1 is 1.45 bits per heavy atom. The molecular weight excluding hydrogens is 359 g/mol. The normalized spacial score (nSPS) is 11.6. The van der Waals surface area contributed by atoms with Crippen LogP contribution in [0.25, 0.3) is 10.9 Å². The summed E-state index contributed by atoms with van der Waals surface area (Å²) >= 11 is 5.77. The van der Waals surface area contributed by atoms with Gasteiger partial charge in [0.2, 0.25) is 0 Å². The van der Waals surface area contributed by atoms with Crippen LogP contribution in [0.15, 0.2) is 17.0 Å². The molecule has 11 heteroatoms. The summed E-state index contributed by atoms with van der Waals surface area (Å²) in [6.45, 7) is 1.51. The van der Waals surface area contributed by atoms with Crippen LogP contribution >= 0.6 is 22.3 Å². The van der Waals surface area contributed by atoms with E-state index in [1.807, 2.05) is 0 Å². The zero-order chi connectivity index (χ0) is 16.7. The van der Waals surface area contributed by atoms with E-state index in [2.05, 4.69) is 4.98 Å². The quantitative estimate of drug-likeness (QED) is 0.384. The van der Waals surface area contributed by atoms with Crippen LogP contribution in [0.5, 0.6) is 0 Å². The smallest absolute Gasteiger partial charge is 0.356 e. The molecule has 0 saturated heterocycles. The Balaban J connectivity index is 2.95.